The molecule has 0 saturated carbocycles. The first-order valence-electron chi connectivity index (χ1n) is 10.8. The predicted octanol–water partition coefficient (Wildman–Crippen LogP) is 6.02. The predicted molar refractivity (Wildman–Crippen MR) is 125 cm³/mol. The van der Waals surface area contributed by atoms with Crippen LogP contribution in [0.25, 0.3) is 0 Å². The topological polar surface area (TPSA) is 34.5 Å². The van der Waals surface area contributed by atoms with E-state index in [2.05, 4.69) is 50.6 Å². The first kappa shape index (κ1) is 24.5. The number of aromatic nitrogens is 1. The fourth-order valence-electron chi connectivity index (χ4n) is 4.01. The Labute approximate surface area is 187 Å². The lowest BCUT2D eigenvalue weighted by molar-refractivity contribution is -0.133. The molecule has 1 aromatic carbocycles. The summed E-state index contributed by atoms with van der Waals surface area (Å²) in [4.78, 5) is 15.1. The molecule has 30 heavy (non-hydrogen) atoms. The molecule has 0 N–H and O–H groups in total. The third-order valence-corrected chi connectivity index (χ3v) is 5.37. The Morgan fingerprint density at radius 2 is 2.00 bits per heavy atom. The van der Waals surface area contributed by atoms with Crippen LogP contribution in [0.5, 0.6) is 0 Å². The summed E-state index contributed by atoms with van der Waals surface area (Å²) in [6, 6.07) is 12.1. The average Bonchev–Trinajstić information content (AvgIpc) is 3.06. The molecule has 0 aliphatic rings. The minimum absolute atomic E-state index is 0.221. The van der Waals surface area contributed by atoms with Crippen molar-refractivity contribution in [1.29, 1.82) is 0 Å². The molecule has 2 rings (SSSR count). The van der Waals surface area contributed by atoms with Gasteiger partial charge in [0.1, 0.15) is 0 Å². The smallest absolute Gasteiger partial charge is 0.223 e. The number of hydrogen-bond acceptors (Lipinski definition) is 2. The summed E-state index contributed by atoms with van der Waals surface area (Å²) in [5, 5.41) is 0.741. The van der Waals surface area contributed by atoms with E-state index < -0.39 is 0 Å². The van der Waals surface area contributed by atoms with Gasteiger partial charge in [0.25, 0.3) is 0 Å². The van der Waals surface area contributed by atoms with Crippen molar-refractivity contribution in [3.05, 3.63) is 58.9 Å². The monoisotopic (exact) mass is 432 g/mol. The third kappa shape index (κ3) is 8.53. The van der Waals surface area contributed by atoms with Gasteiger partial charge in [0.15, 0.2) is 0 Å². The van der Waals surface area contributed by atoms with Crippen LogP contribution in [0.3, 0.4) is 0 Å². The van der Waals surface area contributed by atoms with Crippen LogP contribution in [-0.4, -0.2) is 35.6 Å². The van der Waals surface area contributed by atoms with Crippen LogP contribution in [0, 0.1) is 11.3 Å². The highest BCUT2D eigenvalue weighted by molar-refractivity contribution is 6.30. The van der Waals surface area contributed by atoms with Gasteiger partial charge in [0.05, 0.1) is 6.54 Å². The molecular formula is C25H37ClN2O2. The van der Waals surface area contributed by atoms with Crippen molar-refractivity contribution in [3.63, 3.8) is 0 Å². The van der Waals surface area contributed by atoms with Gasteiger partial charge in [0.2, 0.25) is 5.91 Å². The van der Waals surface area contributed by atoms with Crippen molar-refractivity contribution >= 4 is 17.5 Å². The van der Waals surface area contributed by atoms with Gasteiger partial charge in [-0.15, -0.1) is 0 Å². The van der Waals surface area contributed by atoms with Crippen molar-refractivity contribution in [3.8, 4) is 0 Å². The van der Waals surface area contributed by atoms with E-state index in [4.69, 9.17) is 16.3 Å². The Balaban J connectivity index is 2.09. The Bertz CT molecular complexity index is 794. The van der Waals surface area contributed by atoms with E-state index >= 15 is 0 Å². The summed E-state index contributed by atoms with van der Waals surface area (Å²) < 4.78 is 7.41. The van der Waals surface area contributed by atoms with Crippen molar-refractivity contribution in [2.24, 2.45) is 11.3 Å². The molecule has 0 aliphatic heterocycles. The highest BCUT2D eigenvalue weighted by Crippen LogP contribution is 2.26. The molecule has 1 amide bonds. The van der Waals surface area contributed by atoms with Crippen molar-refractivity contribution in [2.45, 2.75) is 60.0 Å². The van der Waals surface area contributed by atoms with Crippen molar-refractivity contribution < 1.29 is 9.53 Å². The molecule has 0 fully saturated rings. The molecule has 0 aliphatic carbocycles. The number of hydrogen-bond donors (Lipinski definition) is 0. The lowest BCUT2D eigenvalue weighted by atomic mass is 9.84. The van der Waals surface area contributed by atoms with Gasteiger partial charge < -0.3 is 14.2 Å². The Morgan fingerprint density at radius 1 is 1.23 bits per heavy atom. The largest absolute Gasteiger partial charge is 0.385 e. The van der Waals surface area contributed by atoms with Gasteiger partial charge in [-0.05, 0) is 54.0 Å². The highest BCUT2D eigenvalue weighted by Gasteiger charge is 2.21. The van der Waals surface area contributed by atoms with E-state index in [-0.39, 0.29) is 11.3 Å². The molecular weight excluding hydrogens is 396 g/mol. The molecule has 0 bridgehead atoms. The number of halogens is 1. The first-order chi connectivity index (χ1) is 14.2. The Kier molecular flexibility index (Phi) is 9.44. The quantitative estimate of drug-likeness (QED) is 0.407. The minimum atomic E-state index is 0.221. The van der Waals surface area contributed by atoms with Crippen LogP contribution in [0.2, 0.25) is 5.02 Å². The van der Waals surface area contributed by atoms with Gasteiger partial charge >= 0.3 is 0 Å². The SMILES string of the molecule is COCCCN(Cc1cccn1Cc1cccc(Cl)c1)C(=O)C[C@@H](C)CC(C)(C)C. The maximum Gasteiger partial charge on any atom is 0.223 e. The summed E-state index contributed by atoms with van der Waals surface area (Å²) in [5.74, 6) is 0.582. The fourth-order valence-corrected chi connectivity index (χ4v) is 4.22. The maximum atomic E-state index is 13.1. The second-order valence-electron chi connectivity index (χ2n) is 9.49. The Morgan fingerprint density at radius 3 is 2.67 bits per heavy atom. The molecule has 4 nitrogen and oxygen atoms in total. The van der Waals surface area contributed by atoms with E-state index in [0.29, 0.717) is 32.0 Å². The lowest BCUT2D eigenvalue weighted by Crippen LogP contribution is -2.34. The number of methoxy groups -OCH3 is 1. The van der Waals surface area contributed by atoms with E-state index in [1.54, 1.807) is 7.11 Å². The number of amides is 1. The van der Waals surface area contributed by atoms with E-state index in [9.17, 15) is 4.79 Å². The van der Waals surface area contributed by atoms with Gasteiger partial charge in [-0.3, -0.25) is 4.79 Å². The second-order valence-corrected chi connectivity index (χ2v) is 9.93. The van der Waals surface area contributed by atoms with Gasteiger partial charge in [-0.25, -0.2) is 0 Å². The second kappa shape index (κ2) is 11.6. The highest BCUT2D eigenvalue weighted by atomic mass is 35.5. The first-order valence-corrected chi connectivity index (χ1v) is 11.2. The van der Waals surface area contributed by atoms with E-state index in [1.165, 1.54) is 0 Å². The van der Waals surface area contributed by atoms with Crippen molar-refractivity contribution in [1.82, 2.24) is 9.47 Å². The zero-order valence-corrected chi connectivity index (χ0v) is 19.9. The molecule has 1 atom stereocenters. The van der Waals surface area contributed by atoms with Crippen LogP contribution in [0.4, 0.5) is 0 Å². The molecule has 0 radical (unpaired) electrons. The zero-order chi connectivity index (χ0) is 22.1. The summed E-state index contributed by atoms with van der Waals surface area (Å²) in [6.45, 7) is 11.6. The van der Waals surface area contributed by atoms with Crippen LogP contribution in [-0.2, 0) is 22.6 Å². The summed E-state index contributed by atoms with van der Waals surface area (Å²) >= 11 is 6.14. The molecule has 166 valence electrons. The molecule has 0 saturated heterocycles. The van der Waals surface area contributed by atoms with Crippen LogP contribution in [0.15, 0.2) is 42.6 Å². The lowest BCUT2D eigenvalue weighted by Gasteiger charge is -2.27. The number of nitrogens with zero attached hydrogens (tertiary/aromatic N) is 2. The number of carbonyl (C=O) groups is 1. The molecule has 0 unspecified atom stereocenters. The summed E-state index contributed by atoms with van der Waals surface area (Å²) in [7, 11) is 1.70. The number of rotatable bonds is 11. The maximum absolute atomic E-state index is 13.1. The number of ether oxygens (including phenoxy) is 1. The molecule has 5 heteroatoms. The third-order valence-electron chi connectivity index (χ3n) is 5.13. The normalized spacial score (nSPS) is 12.7. The van der Waals surface area contributed by atoms with Crippen LogP contribution >= 0.6 is 11.6 Å². The fraction of sp³-hybridized carbons (Fsp3) is 0.560. The van der Waals surface area contributed by atoms with E-state index in [0.717, 1.165) is 35.7 Å². The summed E-state index contributed by atoms with van der Waals surface area (Å²) in [6.07, 6.45) is 4.52. The van der Waals surface area contributed by atoms with Gasteiger partial charge in [-0.1, -0.05) is 51.4 Å². The average molecular weight is 433 g/mol. The van der Waals surface area contributed by atoms with Crippen LogP contribution in [0.1, 0.15) is 58.2 Å². The standard InChI is InChI=1S/C25H37ClN2O2/c1-20(17-25(2,3)4)15-24(29)28(13-8-14-30-5)19-23-11-7-12-27(23)18-21-9-6-10-22(26)16-21/h6-7,9-12,16,20H,8,13-15,17-19H2,1-5H3/t20-/m1/s1. The molecule has 1 aromatic heterocycles. The van der Waals surface area contributed by atoms with Crippen molar-refractivity contribution in [2.75, 3.05) is 20.3 Å². The number of benzene rings is 1. The molecule has 2 aromatic rings. The molecule has 0 spiro atoms. The number of carbonyl (C=O) groups excluding carboxylic acids is 1. The zero-order valence-electron chi connectivity index (χ0n) is 19.2. The van der Waals surface area contributed by atoms with E-state index in [1.807, 2.05) is 29.2 Å². The Hall–Kier alpha value is -1.78. The van der Waals surface area contributed by atoms with Gasteiger partial charge in [0, 0.05) is 50.1 Å². The van der Waals surface area contributed by atoms with Gasteiger partial charge in [-0.2, -0.15) is 0 Å². The molecule has 1 heterocycles. The summed E-state index contributed by atoms with van der Waals surface area (Å²) in [5.41, 5.74) is 2.51. The minimum Gasteiger partial charge on any atom is -0.385 e. The van der Waals surface area contributed by atoms with Crippen LogP contribution < -0.4 is 0 Å².